The van der Waals surface area contributed by atoms with Gasteiger partial charge in [0.25, 0.3) is 5.91 Å². The maximum atomic E-state index is 12.9. The maximum Gasteiger partial charge on any atom is 0.338 e. The molecule has 0 aliphatic carbocycles. The summed E-state index contributed by atoms with van der Waals surface area (Å²) < 4.78 is 4.92. The lowest BCUT2D eigenvalue weighted by molar-refractivity contribution is -0.720. The zero-order chi connectivity index (χ0) is 22.7. The van der Waals surface area contributed by atoms with Gasteiger partial charge in [-0.1, -0.05) is 55.8 Å². The molecule has 1 amide bonds. The van der Waals surface area contributed by atoms with Gasteiger partial charge in [-0.2, -0.15) is 4.99 Å². The van der Waals surface area contributed by atoms with Crippen LogP contribution in [0.5, 0.6) is 0 Å². The SMILES string of the molecule is CCCCC1=C(Cc2ccc(-c3ccccc3C(=O)OC)cc2)C(=O)NC2=NC=C(C)[NH+]21. The number of nitrogens with zero attached hydrogens (tertiary/aromatic N) is 1. The average Bonchev–Trinajstić information content (AvgIpc) is 3.18. The second kappa shape index (κ2) is 9.32. The van der Waals surface area contributed by atoms with E-state index in [0.717, 1.165) is 57.8 Å². The number of hydrogen-bond donors (Lipinski definition) is 2. The molecule has 2 aromatic carbocycles. The van der Waals surface area contributed by atoms with Crippen molar-refractivity contribution in [3.63, 3.8) is 0 Å². The van der Waals surface area contributed by atoms with Gasteiger partial charge in [-0.15, -0.1) is 0 Å². The first-order valence-corrected chi connectivity index (χ1v) is 11.0. The summed E-state index contributed by atoms with van der Waals surface area (Å²) in [7, 11) is 1.39. The summed E-state index contributed by atoms with van der Waals surface area (Å²) in [4.78, 5) is 30.5. The molecule has 0 fully saturated rings. The number of rotatable bonds is 7. The Bertz CT molecular complexity index is 1140. The van der Waals surface area contributed by atoms with Crippen molar-refractivity contribution in [2.24, 2.45) is 4.99 Å². The number of unbranched alkanes of at least 4 members (excludes halogenated alkanes) is 1. The van der Waals surface area contributed by atoms with Gasteiger partial charge in [0.2, 0.25) is 0 Å². The van der Waals surface area contributed by atoms with E-state index >= 15 is 0 Å². The van der Waals surface area contributed by atoms with Gasteiger partial charge >= 0.3 is 11.9 Å². The van der Waals surface area contributed by atoms with Crippen LogP contribution in [0.1, 0.15) is 49.0 Å². The highest BCUT2D eigenvalue weighted by Crippen LogP contribution is 2.26. The zero-order valence-corrected chi connectivity index (χ0v) is 18.7. The van der Waals surface area contributed by atoms with Crippen LogP contribution in [-0.2, 0) is 16.0 Å². The van der Waals surface area contributed by atoms with Gasteiger partial charge in [0, 0.05) is 19.8 Å². The maximum absolute atomic E-state index is 12.9. The number of esters is 1. The molecular formula is C26H28N3O3+. The second-order valence-electron chi connectivity index (χ2n) is 8.09. The molecule has 2 heterocycles. The van der Waals surface area contributed by atoms with E-state index in [1.54, 1.807) is 6.07 Å². The molecule has 2 aliphatic heterocycles. The van der Waals surface area contributed by atoms with Crippen molar-refractivity contribution >= 4 is 17.8 Å². The predicted molar refractivity (Wildman–Crippen MR) is 124 cm³/mol. The minimum Gasteiger partial charge on any atom is -0.465 e. The summed E-state index contributed by atoms with van der Waals surface area (Å²) in [5.41, 5.74) is 6.35. The van der Waals surface area contributed by atoms with Crippen LogP contribution in [0.25, 0.3) is 11.1 Å². The predicted octanol–water partition coefficient (Wildman–Crippen LogP) is 3.37. The average molecular weight is 431 g/mol. The number of quaternary nitrogens is 1. The van der Waals surface area contributed by atoms with Crippen LogP contribution in [-0.4, -0.2) is 24.9 Å². The Kier molecular flexibility index (Phi) is 6.32. The summed E-state index contributed by atoms with van der Waals surface area (Å²) in [5.74, 6) is 0.252. The number of benzene rings is 2. The fourth-order valence-corrected chi connectivity index (χ4v) is 4.27. The van der Waals surface area contributed by atoms with Crippen LogP contribution in [0, 0.1) is 0 Å². The molecule has 164 valence electrons. The minimum atomic E-state index is -0.358. The largest absolute Gasteiger partial charge is 0.465 e. The molecule has 0 bridgehead atoms. The lowest BCUT2D eigenvalue weighted by Crippen LogP contribution is -3.13. The third-order valence-electron chi connectivity index (χ3n) is 5.95. The van der Waals surface area contributed by atoms with Gasteiger partial charge in [0.15, 0.2) is 0 Å². The van der Waals surface area contributed by atoms with Gasteiger partial charge in [-0.05, 0) is 29.2 Å². The highest BCUT2D eigenvalue weighted by Gasteiger charge is 2.38. The molecule has 0 aromatic heterocycles. The van der Waals surface area contributed by atoms with E-state index in [2.05, 4.69) is 17.2 Å². The summed E-state index contributed by atoms with van der Waals surface area (Å²) in [6.45, 7) is 4.20. The zero-order valence-electron chi connectivity index (χ0n) is 18.7. The monoisotopic (exact) mass is 430 g/mol. The number of allylic oxidation sites excluding steroid dienone is 2. The Labute approximate surface area is 188 Å². The molecule has 2 aromatic rings. The Morgan fingerprint density at radius 3 is 2.59 bits per heavy atom. The molecule has 2 aliphatic rings. The van der Waals surface area contributed by atoms with E-state index in [0.29, 0.717) is 17.9 Å². The van der Waals surface area contributed by atoms with Crippen LogP contribution in [0.2, 0.25) is 0 Å². The third-order valence-corrected chi connectivity index (χ3v) is 5.95. The molecule has 0 radical (unpaired) electrons. The number of guanidine groups is 1. The number of nitrogens with one attached hydrogen (secondary N) is 2. The van der Waals surface area contributed by atoms with Gasteiger partial charge in [-0.3, -0.25) is 10.1 Å². The molecule has 2 N–H and O–H groups in total. The molecule has 6 nitrogen and oxygen atoms in total. The number of fused-ring (bicyclic) bond motifs is 1. The molecule has 1 unspecified atom stereocenters. The van der Waals surface area contributed by atoms with Crippen molar-refractivity contribution in [2.75, 3.05) is 7.11 Å². The third kappa shape index (κ3) is 4.14. The lowest BCUT2D eigenvalue weighted by Gasteiger charge is -2.26. The number of carbonyl (C=O) groups is 2. The molecule has 32 heavy (non-hydrogen) atoms. The lowest BCUT2D eigenvalue weighted by atomic mass is 9.94. The molecular weight excluding hydrogens is 402 g/mol. The van der Waals surface area contributed by atoms with Crippen molar-refractivity contribution in [1.29, 1.82) is 0 Å². The van der Waals surface area contributed by atoms with E-state index in [-0.39, 0.29) is 11.9 Å². The Balaban J connectivity index is 1.65. The van der Waals surface area contributed by atoms with E-state index < -0.39 is 0 Å². The summed E-state index contributed by atoms with van der Waals surface area (Å²) in [6, 6.07) is 15.4. The van der Waals surface area contributed by atoms with Gasteiger partial charge in [-0.25, -0.2) is 9.69 Å². The van der Waals surface area contributed by atoms with Crippen molar-refractivity contribution in [3.8, 4) is 11.1 Å². The molecule has 0 spiro atoms. The standard InChI is InChI=1S/C26H27N3O3/c1-4-5-10-23-22(24(30)28-26-27-16-17(2)29(23)26)15-18-11-13-19(14-12-18)20-8-6-7-9-21(20)25(31)32-3/h6-9,11-14,16H,4-5,10,15H2,1-3H3,(H,27,28,30)/p+1. The summed E-state index contributed by atoms with van der Waals surface area (Å²) >= 11 is 0. The molecule has 0 saturated carbocycles. The smallest absolute Gasteiger partial charge is 0.338 e. The van der Waals surface area contributed by atoms with Crippen LogP contribution in [0.3, 0.4) is 0 Å². The first-order chi connectivity index (χ1) is 15.5. The van der Waals surface area contributed by atoms with Crippen LogP contribution >= 0.6 is 0 Å². The molecule has 0 saturated heterocycles. The number of amides is 1. The number of carbonyl (C=O) groups excluding carboxylic acids is 2. The minimum absolute atomic E-state index is 0.0678. The summed E-state index contributed by atoms with van der Waals surface area (Å²) in [6.07, 6.45) is 5.33. The second-order valence-corrected chi connectivity index (χ2v) is 8.09. The fourth-order valence-electron chi connectivity index (χ4n) is 4.27. The highest BCUT2D eigenvalue weighted by molar-refractivity contribution is 6.06. The normalized spacial score (nSPS) is 17.5. The highest BCUT2D eigenvalue weighted by atomic mass is 16.5. The number of ether oxygens (including phenoxy) is 1. The Morgan fingerprint density at radius 2 is 1.88 bits per heavy atom. The van der Waals surface area contributed by atoms with Crippen molar-refractivity contribution in [2.45, 2.75) is 39.5 Å². The van der Waals surface area contributed by atoms with E-state index in [4.69, 9.17) is 4.74 Å². The fraction of sp³-hybridized carbons (Fsp3) is 0.269. The van der Waals surface area contributed by atoms with Crippen LogP contribution < -0.4 is 10.2 Å². The number of aliphatic imine (C=N–C) groups is 1. The van der Waals surface area contributed by atoms with Crippen molar-refractivity contribution < 1.29 is 19.2 Å². The molecule has 6 heteroatoms. The Hall–Kier alpha value is -3.51. The van der Waals surface area contributed by atoms with Crippen LogP contribution in [0.15, 0.2) is 76.7 Å². The topological polar surface area (TPSA) is 72.2 Å². The van der Waals surface area contributed by atoms with Crippen molar-refractivity contribution in [3.05, 3.63) is 82.8 Å². The van der Waals surface area contributed by atoms with E-state index in [1.165, 1.54) is 7.11 Å². The van der Waals surface area contributed by atoms with E-state index in [9.17, 15) is 9.59 Å². The van der Waals surface area contributed by atoms with E-state index in [1.807, 2.05) is 55.6 Å². The van der Waals surface area contributed by atoms with Crippen LogP contribution in [0.4, 0.5) is 0 Å². The first-order valence-electron chi connectivity index (χ1n) is 11.0. The number of hydrogen-bond acceptors (Lipinski definition) is 4. The molecule has 4 rings (SSSR count). The van der Waals surface area contributed by atoms with Crippen molar-refractivity contribution in [1.82, 2.24) is 5.32 Å². The van der Waals surface area contributed by atoms with Gasteiger partial charge < -0.3 is 4.74 Å². The Morgan fingerprint density at radius 1 is 1.12 bits per heavy atom. The first kappa shape index (κ1) is 21.7. The summed E-state index contributed by atoms with van der Waals surface area (Å²) in [5, 5.41) is 2.96. The van der Waals surface area contributed by atoms with Gasteiger partial charge in [0.1, 0.15) is 11.4 Å². The molecule has 1 atom stereocenters. The van der Waals surface area contributed by atoms with Gasteiger partial charge in [0.05, 0.1) is 24.4 Å². The quantitative estimate of drug-likeness (QED) is 0.662. The number of methoxy groups -OCH3 is 1.